The molecule has 3 rings (SSSR count). The number of benzene rings is 2. The van der Waals surface area contributed by atoms with Crippen LogP contribution in [0.5, 0.6) is 5.75 Å². The first-order valence-corrected chi connectivity index (χ1v) is 10.3. The number of nitrogens with two attached hydrogens (primary N) is 1. The second-order valence-electron chi connectivity index (χ2n) is 8.85. The van der Waals surface area contributed by atoms with Gasteiger partial charge in [-0.25, -0.2) is 4.79 Å². The van der Waals surface area contributed by atoms with E-state index in [4.69, 9.17) is 10.5 Å². The fraction of sp³-hybridized carbons (Fsp3) is 0.333. The van der Waals surface area contributed by atoms with Gasteiger partial charge in [0, 0.05) is 23.7 Å². The predicted molar refractivity (Wildman–Crippen MR) is 123 cm³/mol. The quantitative estimate of drug-likeness (QED) is 0.450. The molecule has 1 atom stereocenters. The number of pyridine rings is 1. The fourth-order valence-corrected chi connectivity index (χ4v) is 3.49. The highest BCUT2D eigenvalue weighted by Gasteiger charge is 2.26. The van der Waals surface area contributed by atoms with Crippen molar-refractivity contribution >= 4 is 22.7 Å². The van der Waals surface area contributed by atoms with Crippen LogP contribution in [0.15, 0.2) is 47.3 Å². The highest BCUT2D eigenvalue weighted by molar-refractivity contribution is 5.87. The van der Waals surface area contributed by atoms with Gasteiger partial charge in [-0.05, 0) is 68.7 Å². The molecular formula is C24H29N3O5. The van der Waals surface area contributed by atoms with Crippen molar-refractivity contribution in [3.63, 3.8) is 0 Å². The number of aromatic amines is 1. The molecule has 0 saturated heterocycles. The number of phenols is 1. The lowest BCUT2D eigenvalue weighted by atomic mass is 10.0. The van der Waals surface area contributed by atoms with Gasteiger partial charge in [0.15, 0.2) is 0 Å². The number of fused-ring (bicyclic) bond motifs is 1. The number of aryl methyl sites for hydroxylation is 1. The number of carbonyl (C=O) groups is 1. The summed E-state index contributed by atoms with van der Waals surface area (Å²) >= 11 is 0. The molecule has 0 fully saturated rings. The number of nitrogen functional groups attached to an aromatic ring is 1. The van der Waals surface area contributed by atoms with Crippen LogP contribution in [0.4, 0.5) is 10.5 Å². The van der Waals surface area contributed by atoms with Gasteiger partial charge in [0.25, 0.3) is 0 Å². The first-order valence-electron chi connectivity index (χ1n) is 10.3. The number of nitrogens with one attached hydrogen (secondary N) is 1. The molecular weight excluding hydrogens is 410 g/mol. The highest BCUT2D eigenvalue weighted by atomic mass is 16.6. The number of hydrogen-bond acceptors (Lipinski definition) is 6. The lowest BCUT2D eigenvalue weighted by molar-refractivity contribution is 0.0125. The molecule has 0 radical (unpaired) electrons. The third-order valence-corrected chi connectivity index (χ3v) is 5.04. The number of hydrogen-bond donors (Lipinski definition) is 4. The summed E-state index contributed by atoms with van der Waals surface area (Å²) in [7, 11) is 0. The van der Waals surface area contributed by atoms with E-state index in [0.29, 0.717) is 16.6 Å². The van der Waals surface area contributed by atoms with E-state index in [1.165, 1.54) is 23.1 Å². The molecule has 0 spiro atoms. The summed E-state index contributed by atoms with van der Waals surface area (Å²) in [4.78, 5) is 28.6. The summed E-state index contributed by atoms with van der Waals surface area (Å²) < 4.78 is 5.56. The van der Waals surface area contributed by atoms with Gasteiger partial charge in [-0.2, -0.15) is 0 Å². The molecule has 0 aliphatic carbocycles. The summed E-state index contributed by atoms with van der Waals surface area (Å²) in [5.74, 6) is -0.102. The van der Waals surface area contributed by atoms with Crippen LogP contribution >= 0.6 is 0 Å². The maximum Gasteiger partial charge on any atom is 0.410 e. The van der Waals surface area contributed by atoms with Crippen molar-refractivity contribution in [3.05, 3.63) is 69.5 Å². The number of aromatic hydroxyl groups is 1. The zero-order chi connectivity index (χ0) is 23.6. The number of aromatic nitrogens is 1. The molecule has 1 aromatic heterocycles. The van der Waals surface area contributed by atoms with E-state index in [2.05, 4.69) is 4.98 Å². The Labute approximate surface area is 186 Å². The number of nitrogens with zero attached hydrogens (tertiary/aromatic N) is 1. The average molecular weight is 440 g/mol. The smallest absolute Gasteiger partial charge is 0.410 e. The normalized spacial score (nSPS) is 12.5. The van der Waals surface area contributed by atoms with Gasteiger partial charge in [0.2, 0.25) is 5.56 Å². The molecule has 1 amide bonds. The van der Waals surface area contributed by atoms with Crippen LogP contribution in [0.3, 0.4) is 0 Å². The number of rotatable bonds is 5. The van der Waals surface area contributed by atoms with Crippen molar-refractivity contribution in [2.24, 2.45) is 0 Å². The Bertz CT molecular complexity index is 1200. The monoisotopic (exact) mass is 439 g/mol. The number of aliphatic hydroxyl groups excluding tert-OH is 1. The average Bonchev–Trinajstić information content (AvgIpc) is 2.68. The second kappa shape index (κ2) is 8.92. The first kappa shape index (κ1) is 23.1. The Kier molecular flexibility index (Phi) is 6.45. The number of H-pyrrole nitrogens is 1. The summed E-state index contributed by atoms with van der Waals surface area (Å²) in [6.45, 7) is 7.38. The minimum Gasteiger partial charge on any atom is -0.506 e. The molecule has 32 heavy (non-hydrogen) atoms. The number of aliphatic hydroxyl groups is 1. The summed E-state index contributed by atoms with van der Waals surface area (Å²) in [5, 5.41) is 21.6. The molecule has 5 N–H and O–H groups in total. The van der Waals surface area contributed by atoms with Gasteiger partial charge in [-0.3, -0.25) is 4.79 Å². The highest BCUT2D eigenvalue weighted by Crippen LogP contribution is 2.30. The summed E-state index contributed by atoms with van der Waals surface area (Å²) in [6, 6.07) is 11.3. The molecule has 1 heterocycles. The minimum absolute atomic E-state index is 0.0578. The molecule has 8 nitrogen and oxygen atoms in total. The zero-order valence-corrected chi connectivity index (χ0v) is 18.7. The van der Waals surface area contributed by atoms with Crippen molar-refractivity contribution in [2.45, 2.75) is 45.9 Å². The van der Waals surface area contributed by atoms with Crippen LogP contribution in [0, 0.1) is 6.92 Å². The predicted octanol–water partition coefficient (Wildman–Crippen LogP) is 3.60. The van der Waals surface area contributed by atoms with Gasteiger partial charge in [-0.15, -0.1) is 0 Å². The Morgan fingerprint density at radius 2 is 1.91 bits per heavy atom. The number of amides is 1. The largest absolute Gasteiger partial charge is 0.506 e. The SMILES string of the molecule is Cc1cc(N)ccc1CN(C[C@H](O)c1ccc(O)c2[nH]c(=O)ccc12)C(=O)OC(C)(C)C. The number of carbonyl (C=O) groups excluding carboxylic acids is 1. The maximum absolute atomic E-state index is 13.0. The van der Waals surface area contributed by atoms with E-state index in [0.717, 1.165) is 11.1 Å². The number of anilines is 1. The lowest BCUT2D eigenvalue weighted by Gasteiger charge is -2.30. The molecule has 0 aliphatic rings. The van der Waals surface area contributed by atoms with Crippen molar-refractivity contribution in [2.75, 3.05) is 12.3 Å². The van der Waals surface area contributed by atoms with E-state index >= 15 is 0 Å². The standard InChI is InChI=1S/C24H29N3O5/c1-14-11-16(25)6-5-15(14)12-27(23(31)32-24(2,3)4)13-20(29)17-7-9-19(28)22-18(17)8-10-21(30)26-22/h5-11,20,28-29H,12-13,25H2,1-4H3,(H,26,30)/t20-/m0/s1. The third kappa shape index (κ3) is 5.39. The lowest BCUT2D eigenvalue weighted by Crippen LogP contribution is -2.39. The molecule has 3 aromatic rings. The van der Waals surface area contributed by atoms with Gasteiger partial charge in [-0.1, -0.05) is 12.1 Å². The van der Waals surface area contributed by atoms with Crippen molar-refractivity contribution in [1.82, 2.24) is 9.88 Å². The van der Waals surface area contributed by atoms with Crippen LogP contribution in [0.1, 0.15) is 43.6 Å². The van der Waals surface area contributed by atoms with Crippen molar-refractivity contribution in [3.8, 4) is 5.75 Å². The van der Waals surface area contributed by atoms with Gasteiger partial charge < -0.3 is 30.6 Å². The minimum atomic E-state index is -1.09. The Hall–Kier alpha value is -3.52. The van der Waals surface area contributed by atoms with Crippen molar-refractivity contribution < 1.29 is 19.7 Å². The first-order chi connectivity index (χ1) is 14.9. The van der Waals surface area contributed by atoms with Crippen LogP contribution in [0.25, 0.3) is 10.9 Å². The van der Waals surface area contributed by atoms with Crippen molar-refractivity contribution in [1.29, 1.82) is 0 Å². The molecule has 0 unspecified atom stereocenters. The molecule has 0 bridgehead atoms. The second-order valence-corrected chi connectivity index (χ2v) is 8.85. The van der Waals surface area contributed by atoms with Gasteiger partial charge in [0.05, 0.1) is 18.2 Å². The van der Waals surface area contributed by atoms with Gasteiger partial charge >= 0.3 is 6.09 Å². The summed E-state index contributed by atoms with van der Waals surface area (Å²) in [6.07, 6.45) is -1.66. The van der Waals surface area contributed by atoms with Gasteiger partial charge in [0.1, 0.15) is 11.4 Å². The Morgan fingerprint density at radius 3 is 2.56 bits per heavy atom. The van der Waals surface area contributed by atoms with E-state index in [-0.39, 0.29) is 29.9 Å². The van der Waals surface area contributed by atoms with E-state index in [1.807, 2.05) is 19.1 Å². The molecule has 170 valence electrons. The van der Waals surface area contributed by atoms with E-state index < -0.39 is 17.8 Å². The Morgan fingerprint density at radius 1 is 1.19 bits per heavy atom. The van der Waals surface area contributed by atoms with E-state index in [9.17, 15) is 19.8 Å². The van der Waals surface area contributed by atoms with Crippen LogP contribution in [0.2, 0.25) is 0 Å². The Balaban J connectivity index is 1.95. The third-order valence-electron chi connectivity index (χ3n) is 5.04. The van der Waals surface area contributed by atoms with E-state index in [1.54, 1.807) is 32.9 Å². The topological polar surface area (TPSA) is 129 Å². The molecule has 8 heteroatoms. The van der Waals surface area contributed by atoms with Crippen LogP contribution < -0.4 is 11.3 Å². The molecule has 2 aromatic carbocycles. The maximum atomic E-state index is 13.0. The number of ether oxygens (including phenoxy) is 1. The fourth-order valence-electron chi connectivity index (χ4n) is 3.49. The van der Waals surface area contributed by atoms with Crippen LogP contribution in [-0.2, 0) is 11.3 Å². The van der Waals surface area contributed by atoms with Crippen LogP contribution in [-0.4, -0.2) is 38.3 Å². The number of phenolic OH excluding ortho intramolecular Hbond substituents is 1. The molecule has 0 aliphatic heterocycles. The summed E-state index contributed by atoms with van der Waals surface area (Å²) in [5.41, 5.74) is 7.88. The molecule has 0 saturated carbocycles. The zero-order valence-electron chi connectivity index (χ0n) is 18.7.